The van der Waals surface area contributed by atoms with E-state index in [-0.39, 0.29) is 6.61 Å². The predicted molar refractivity (Wildman–Crippen MR) is 165 cm³/mol. The van der Waals surface area contributed by atoms with E-state index in [0.29, 0.717) is 39.1 Å². The summed E-state index contributed by atoms with van der Waals surface area (Å²) in [5.41, 5.74) is 0.410. The number of carbonyl (C=O) groups excluding carboxylic acids is 3. The molecule has 0 aromatic heterocycles. The first-order valence-electron chi connectivity index (χ1n) is 15.8. The van der Waals surface area contributed by atoms with Gasteiger partial charge in [0.1, 0.15) is 42.4 Å². The zero-order chi connectivity index (χ0) is 33.9. The van der Waals surface area contributed by atoms with E-state index < -0.39 is 83.8 Å². The average Bonchev–Trinajstić information content (AvgIpc) is 3.80. The molecule has 3 aliphatic heterocycles. The lowest BCUT2D eigenvalue weighted by Crippen LogP contribution is -2.62. The Bertz CT molecular complexity index is 1820. The summed E-state index contributed by atoms with van der Waals surface area (Å²) < 4.78 is 34.7. The van der Waals surface area contributed by atoms with Gasteiger partial charge in [0.05, 0.1) is 25.2 Å². The number of cyclic esters (lactones) is 2. The van der Waals surface area contributed by atoms with Gasteiger partial charge in [0.25, 0.3) is 0 Å². The molecule has 8 rings (SSSR count). The first-order valence-corrected chi connectivity index (χ1v) is 15.8. The summed E-state index contributed by atoms with van der Waals surface area (Å²) in [5.74, 6) is -1.71. The SMILES string of the molecule is CN[C@H]1[C@H](O[C@@H]2c3cc4c(cc3[C@@H]3[C@H]2OC(=O)[C@@]32C(=O)C=Cc3c(C)cc(OC)cc32)[C@@](O)(C2COC(=O)O2)C=C4)O[C@@H](C)[C@H](O)[C@@H]1O. The number of esters is 1. The summed E-state index contributed by atoms with van der Waals surface area (Å²) in [6.07, 6.45) is -1.95. The number of methoxy groups -OCH3 is 1. The molecule has 2 aromatic carbocycles. The third-order valence-electron chi connectivity index (χ3n) is 10.9. The monoisotopic (exact) mass is 661 g/mol. The largest absolute Gasteiger partial charge is 0.508 e. The highest BCUT2D eigenvalue weighted by Gasteiger charge is 2.69. The second-order valence-corrected chi connectivity index (χ2v) is 13.2. The zero-order valence-corrected chi connectivity index (χ0v) is 26.5. The number of aryl methyl sites for hydroxylation is 1. The highest BCUT2D eigenvalue weighted by molar-refractivity contribution is 6.20. The first kappa shape index (κ1) is 31.2. The fourth-order valence-corrected chi connectivity index (χ4v) is 8.40. The van der Waals surface area contributed by atoms with Gasteiger partial charge in [-0.2, -0.15) is 0 Å². The van der Waals surface area contributed by atoms with E-state index in [1.165, 1.54) is 19.3 Å². The molecule has 1 unspecified atom stereocenters. The normalized spacial score (nSPS) is 38.7. The number of ketones is 1. The van der Waals surface area contributed by atoms with Crippen molar-refractivity contribution in [2.45, 2.75) is 79.7 Å². The molecule has 3 heterocycles. The van der Waals surface area contributed by atoms with E-state index in [4.69, 9.17) is 28.4 Å². The summed E-state index contributed by atoms with van der Waals surface area (Å²) in [6, 6.07) is 6.17. The van der Waals surface area contributed by atoms with Gasteiger partial charge < -0.3 is 49.1 Å². The van der Waals surface area contributed by atoms with Crippen LogP contribution in [0.25, 0.3) is 12.2 Å². The minimum absolute atomic E-state index is 0.175. The molecule has 0 saturated carbocycles. The molecular weight excluding hydrogens is 626 g/mol. The summed E-state index contributed by atoms with van der Waals surface area (Å²) in [4.78, 5) is 40.5. The van der Waals surface area contributed by atoms with E-state index in [2.05, 4.69) is 5.32 Å². The number of likely N-dealkylation sites (N-methyl/N-ethyl adjacent to an activating group) is 1. The Morgan fingerprint density at radius 3 is 2.48 bits per heavy atom. The van der Waals surface area contributed by atoms with E-state index in [1.807, 2.05) is 13.0 Å². The predicted octanol–water partition coefficient (Wildman–Crippen LogP) is 1.42. The molecule has 13 nitrogen and oxygen atoms in total. The maximum absolute atomic E-state index is 14.3. The fourth-order valence-electron chi connectivity index (χ4n) is 8.40. The van der Waals surface area contributed by atoms with Gasteiger partial charge in [-0.05, 0) is 90.2 Å². The van der Waals surface area contributed by atoms with Gasteiger partial charge in [-0.15, -0.1) is 0 Å². The number of allylic oxidation sites excluding steroid dienone is 1. The zero-order valence-electron chi connectivity index (χ0n) is 26.5. The number of benzene rings is 2. The number of hydrogen-bond acceptors (Lipinski definition) is 13. The fraction of sp³-hybridized carbons (Fsp3) is 0.457. The van der Waals surface area contributed by atoms with Crippen molar-refractivity contribution in [1.29, 1.82) is 0 Å². The summed E-state index contributed by atoms with van der Waals surface area (Å²) in [7, 11) is 3.11. The second kappa shape index (κ2) is 10.7. The van der Waals surface area contributed by atoms with Crippen LogP contribution in [0.5, 0.6) is 5.75 Å². The van der Waals surface area contributed by atoms with Crippen LogP contribution in [0.2, 0.25) is 0 Å². The van der Waals surface area contributed by atoms with E-state index in [1.54, 1.807) is 44.3 Å². The van der Waals surface area contributed by atoms with Crippen LogP contribution in [0.4, 0.5) is 4.79 Å². The Morgan fingerprint density at radius 1 is 0.979 bits per heavy atom. The number of aliphatic hydroxyl groups excluding tert-OH is 2. The van der Waals surface area contributed by atoms with Gasteiger partial charge in [0.2, 0.25) is 0 Å². The van der Waals surface area contributed by atoms with Gasteiger partial charge >= 0.3 is 12.1 Å². The number of nitrogens with one attached hydrogen (secondary N) is 1. The number of aliphatic hydroxyl groups is 3. The molecule has 0 bridgehead atoms. The lowest BCUT2D eigenvalue weighted by Gasteiger charge is -2.42. The van der Waals surface area contributed by atoms with Gasteiger partial charge in [-0.3, -0.25) is 9.59 Å². The number of fused-ring (bicyclic) bond motifs is 7. The molecule has 3 saturated heterocycles. The molecule has 252 valence electrons. The van der Waals surface area contributed by atoms with Crippen molar-refractivity contribution in [2.24, 2.45) is 0 Å². The molecule has 0 radical (unpaired) electrons. The number of ether oxygens (including phenoxy) is 6. The van der Waals surface area contributed by atoms with Crippen LogP contribution in [-0.2, 0) is 44.3 Å². The molecular formula is C35H35NO12. The van der Waals surface area contributed by atoms with Crippen LogP contribution in [0.3, 0.4) is 0 Å². The minimum Gasteiger partial charge on any atom is -0.497 e. The van der Waals surface area contributed by atoms with Crippen molar-refractivity contribution >= 4 is 30.1 Å². The third kappa shape index (κ3) is 4.03. The van der Waals surface area contributed by atoms with Crippen molar-refractivity contribution in [2.75, 3.05) is 20.8 Å². The van der Waals surface area contributed by atoms with Crippen LogP contribution in [0.1, 0.15) is 57.9 Å². The van der Waals surface area contributed by atoms with Crippen LogP contribution in [0.15, 0.2) is 36.4 Å². The van der Waals surface area contributed by atoms with Gasteiger partial charge in [0, 0.05) is 0 Å². The minimum atomic E-state index is -1.83. The molecule has 2 aromatic rings. The quantitative estimate of drug-likeness (QED) is 0.267. The topological polar surface area (TPSA) is 179 Å². The van der Waals surface area contributed by atoms with E-state index in [0.717, 1.165) is 5.56 Å². The smallest absolute Gasteiger partial charge is 0.497 e. The lowest BCUT2D eigenvalue weighted by atomic mass is 9.62. The standard InChI is InChI=1S/C35H35NO12/c1-14-9-17(43-4)11-22-18(14)5-6-23(37)35(22)25-19-12-21-16(7-8-34(21,42)24-13-44-33(41)46-24)10-20(19)29(30(25)48-32(35)40)47-31-26(36-3)28(39)27(38)15(2)45-31/h5-12,15,24-31,36,38-39,42H,13H2,1-4H3/t15-,24?,25+,26+,27-,28+,29+,30+,31-,34+,35-/m0/s1. The first-order chi connectivity index (χ1) is 22.9. The molecule has 11 atom stereocenters. The molecule has 3 aliphatic carbocycles. The van der Waals surface area contributed by atoms with E-state index in [9.17, 15) is 29.7 Å². The average molecular weight is 662 g/mol. The Hall–Kier alpha value is -4.11. The molecule has 3 fully saturated rings. The number of hydrogen-bond donors (Lipinski definition) is 4. The van der Waals surface area contributed by atoms with Crippen LogP contribution in [-0.4, -0.2) is 96.8 Å². The van der Waals surface area contributed by atoms with Crippen molar-refractivity contribution < 1.29 is 58.1 Å². The van der Waals surface area contributed by atoms with Crippen molar-refractivity contribution in [3.63, 3.8) is 0 Å². The van der Waals surface area contributed by atoms with Crippen LogP contribution < -0.4 is 10.1 Å². The maximum Gasteiger partial charge on any atom is 0.508 e. The second-order valence-electron chi connectivity index (χ2n) is 13.2. The summed E-state index contributed by atoms with van der Waals surface area (Å²) >= 11 is 0. The Kier molecular flexibility index (Phi) is 6.95. The molecule has 48 heavy (non-hydrogen) atoms. The van der Waals surface area contributed by atoms with Crippen LogP contribution >= 0.6 is 0 Å². The third-order valence-corrected chi connectivity index (χ3v) is 10.9. The Morgan fingerprint density at radius 2 is 1.77 bits per heavy atom. The molecule has 6 aliphatic rings. The van der Waals surface area contributed by atoms with Crippen LogP contribution in [0, 0.1) is 6.92 Å². The Balaban J connectivity index is 1.32. The number of carbonyl (C=O) groups is 3. The lowest BCUT2D eigenvalue weighted by molar-refractivity contribution is -0.281. The van der Waals surface area contributed by atoms with Gasteiger partial charge in [-0.1, -0.05) is 18.2 Å². The molecule has 13 heteroatoms. The van der Waals surface area contributed by atoms with E-state index >= 15 is 0 Å². The molecule has 4 N–H and O–H groups in total. The Labute approximate surface area is 275 Å². The van der Waals surface area contributed by atoms with Crippen molar-refractivity contribution in [1.82, 2.24) is 5.32 Å². The highest BCUT2D eigenvalue weighted by atomic mass is 16.8. The molecule has 1 spiro atoms. The van der Waals surface area contributed by atoms with Gasteiger partial charge in [0.15, 0.2) is 23.6 Å². The summed E-state index contributed by atoms with van der Waals surface area (Å²) in [5, 5.41) is 36.3. The molecule has 0 amide bonds. The van der Waals surface area contributed by atoms with Crippen molar-refractivity contribution in [3.05, 3.63) is 75.4 Å². The summed E-state index contributed by atoms with van der Waals surface area (Å²) in [6.45, 7) is 3.31. The highest BCUT2D eigenvalue weighted by Crippen LogP contribution is 2.62. The van der Waals surface area contributed by atoms with Crippen molar-refractivity contribution in [3.8, 4) is 5.75 Å². The van der Waals surface area contributed by atoms with Gasteiger partial charge in [-0.25, -0.2) is 4.79 Å². The maximum atomic E-state index is 14.3. The number of rotatable bonds is 5.